The highest BCUT2D eigenvalue weighted by Gasteiger charge is 2.03. The monoisotopic (exact) mass is 276 g/mol. The number of nitrogens with one attached hydrogen (secondary N) is 1. The molecular formula is C14H17ClN4. The van der Waals surface area contributed by atoms with Gasteiger partial charge in [0, 0.05) is 30.7 Å². The summed E-state index contributed by atoms with van der Waals surface area (Å²) in [5.41, 5.74) is 1.80. The second-order valence-electron chi connectivity index (χ2n) is 4.80. The van der Waals surface area contributed by atoms with Crippen LogP contribution >= 0.6 is 11.6 Å². The van der Waals surface area contributed by atoms with Crippen LogP contribution in [0, 0.1) is 5.92 Å². The lowest BCUT2D eigenvalue weighted by Gasteiger charge is -2.07. The van der Waals surface area contributed by atoms with Gasteiger partial charge in [-0.15, -0.1) is 0 Å². The standard InChI is InChI=1S/C14H17ClN4/c1-10(2)5-16-6-11-7-18-14(19-8-11)13-4-3-12(15)9-17-13/h3-4,7-10,16H,5-6H2,1-2H3. The molecule has 5 heteroatoms. The van der Waals surface area contributed by atoms with Crippen molar-refractivity contribution < 1.29 is 0 Å². The van der Waals surface area contributed by atoms with E-state index in [0.29, 0.717) is 16.8 Å². The van der Waals surface area contributed by atoms with Crippen molar-refractivity contribution in [3.8, 4) is 11.5 Å². The lowest BCUT2D eigenvalue weighted by atomic mass is 10.2. The highest BCUT2D eigenvalue weighted by atomic mass is 35.5. The number of hydrogen-bond acceptors (Lipinski definition) is 4. The Kier molecular flexibility index (Phi) is 4.82. The van der Waals surface area contributed by atoms with Gasteiger partial charge in [-0.25, -0.2) is 9.97 Å². The molecule has 0 unspecified atom stereocenters. The molecule has 0 bridgehead atoms. The van der Waals surface area contributed by atoms with E-state index < -0.39 is 0 Å². The first-order chi connectivity index (χ1) is 9.15. The average Bonchev–Trinajstić information content (AvgIpc) is 2.40. The van der Waals surface area contributed by atoms with Gasteiger partial charge in [-0.1, -0.05) is 25.4 Å². The highest BCUT2D eigenvalue weighted by molar-refractivity contribution is 6.30. The van der Waals surface area contributed by atoms with Crippen molar-refractivity contribution in [1.82, 2.24) is 20.3 Å². The number of aromatic nitrogens is 3. The van der Waals surface area contributed by atoms with Gasteiger partial charge in [-0.3, -0.25) is 4.98 Å². The van der Waals surface area contributed by atoms with E-state index in [-0.39, 0.29) is 0 Å². The molecule has 0 fully saturated rings. The van der Waals surface area contributed by atoms with E-state index in [1.807, 2.05) is 18.5 Å². The fraction of sp³-hybridized carbons (Fsp3) is 0.357. The second-order valence-corrected chi connectivity index (χ2v) is 5.24. The molecule has 0 spiro atoms. The van der Waals surface area contributed by atoms with Gasteiger partial charge < -0.3 is 5.32 Å². The van der Waals surface area contributed by atoms with E-state index in [1.54, 1.807) is 12.3 Å². The molecule has 2 aromatic rings. The molecule has 0 radical (unpaired) electrons. The van der Waals surface area contributed by atoms with E-state index >= 15 is 0 Å². The summed E-state index contributed by atoms with van der Waals surface area (Å²) in [6, 6.07) is 3.60. The quantitative estimate of drug-likeness (QED) is 0.912. The van der Waals surface area contributed by atoms with Crippen molar-refractivity contribution >= 4 is 11.6 Å². The Morgan fingerprint density at radius 1 is 1.11 bits per heavy atom. The summed E-state index contributed by atoms with van der Waals surface area (Å²) < 4.78 is 0. The van der Waals surface area contributed by atoms with Crippen LogP contribution in [0.3, 0.4) is 0 Å². The summed E-state index contributed by atoms with van der Waals surface area (Å²) in [7, 11) is 0. The van der Waals surface area contributed by atoms with E-state index in [0.717, 1.165) is 24.3 Å². The fourth-order valence-corrected chi connectivity index (χ4v) is 1.70. The smallest absolute Gasteiger partial charge is 0.178 e. The zero-order valence-corrected chi connectivity index (χ0v) is 11.9. The van der Waals surface area contributed by atoms with Crippen LogP contribution in [0.2, 0.25) is 5.02 Å². The minimum absolute atomic E-state index is 0.609. The average molecular weight is 277 g/mol. The van der Waals surface area contributed by atoms with Crippen molar-refractivity contribution in [2.75, 3.05) is 6.54 Å². The fourth-order valence-electron chi connectivity index (χ4n) is 1.59. The molecule has 4 nitrogen and oxygen atoms in total. The van der Waals surface area contributed by atoms with Crippen molar-refractivity contribution in [2.45, 2.75) is 20.4 Å². The first kappa shape index (κ1) is 13.9. The third kappa shape index (κ3) is 4.26. The van der Waals surface area contributed by atoms with Gasteiger partial charge in [0.1, 0.15) is 5.69 Å². The van der Waals surface area contributed by atoms with Crippen molar-refractivity contribution in [3.05, 3.63) is 41.3 Å². The zero-order chi connectivity index (χ0) is 13.7. The van der Waals surface area contributed by atoms with Gasteiger partial charge in [0.2, 0.25) is 0 Å². The molecule has 0 aliphatic heterocycles. The van der Waals surface area contributed by atoms with Crippen LogP contribution in [0.4, 0.5) is 0 Å². The van der Waals surface area contributed by atoms with Gasteiger partial charge in [0.05, 0.1) is 5.02 Å². The van der Waals surface area contributed by atoms with Crippen LogP contribution in [-0.4, -0.2) is 21.5 Å². The highest BCUT2D eigenvalue weighted by Crippen LogP contribution is 2.14. The van der Waals surface area contributed by atoms with E-state index in [2.05, 4.69) is 34.1 Å². The molecule has 0 saturated heterocycles. The Morgan fingerprint density at radius 3 is 2.42 bits per heavy atom. The molecule has 0 aliphatic carbocycles. The molecule has 0 atom stereocenters. The Morgan fingerprint density at radius 2 is 1.84 bits per heavy atom. The van der Waals surface area contributed by atoms with Crippen molar-refractivity contribution in [2.24, 2.45) is 5.92 Å². The van der Waals surface area contributed by atoms with E-state index in [1.165, 1.54) is 0 Å². The summed E-state index contributed by atoms with van der Waals surface area (Å²) in [6.45, 7) is 6.13. The van der Waals surface area contributed by atoms with Gasteiger partial charge in [-0.05, 0) is 24.6 Å². The number of rotatable bonds is 5. The minimum Gasteiger partial charge on any atom is -0.312 e. The summed E-state index contributed by atoms with van der Waals surface area (Å²) >= 11 is 5.80. The van der Waals surface area contributed by atoms with Crippen LogP contribution in [0.25, 0.3) is 11.5 Å². The maximum Gasteiger partial charge on any atom is 0.178 e. The van der Waals surface area contributed by atoms with Crippen LogP contribution in [0.5, 0.6) is 0 Å². The molecule has 0 aliphatic rings. The molecule has 2 aromatic heterocycles. The molecule has 2 heterocycles. The zero-order valence-electron chi connectivity index (χ0n) is 11.1. The maximum absolute atomic E-state index is 5.80. The van der Waals surface area contributed by atoms with Crippen LogP contribution in [-0.2, 0) is 6.54 Å². The van der Waals surface area contributed by atoms with Gasteiger partial charge in [-0.2, -0.15) is 0 Å². The lowest BCUT2D eigenvalue weighted by molar-refractivity contribution is 0.551. The molecular weight excluding hydrogens is 260 g/mol. The predicted octanol–water partition coefficient (Wildman–Crippen LogP) is 2.94. The summed E-state index contributed by atoms with van der Waals surface area (Å²) in [4.78, 5) is 12.8. The minimum atomic E-state index is 0.609. The Balaban J connectivity index is 2.00. The number of nitrogens with zero attached hydrogens (tertiary/aromatic N) is 3. The second kappa shape index (κ2) is 6.59. The third-order valence-corrected chi connectivity index (χ3v) is 2.77. The third-order valence-electron chi connectivity index (χ3n) is 2.54. The first-order valence-electron chi connectivity index (χ1n) is 6.28. The summed E-state index contributed by atoms with van der Waals surface area (Å²) in [5.74, 6) is 1.25. The Bertz CT molecular complexity index is 508. The first-order valence-corrected chi connectivity index (χ1v) is 6.66. The van der Waals surface area contributed by atoms with Gasteiger partial charge in [0.25, 0.3) is 0 Å². The topological polar surface area (TPSA) is 50.7 Å². The van der Waals surface area contributed by atoms with E-state index in [4.69, 9.17) is 11.6 Å². The predicted molar refractivity (Wildman–Crippen MR) is 76.8 cm³/mol. The molecule has 0 saturated carbocycles. The van der Waals surface area contributed by atoms with Crippen molar-refractivity contribution in [1.29, 1.82) is 0 Å². The molecule has 2 rings (SSSR count). The van der Waals surface area contributed by atoms with E-state index in [9.17, 15) is 0 Å². The molecule has 0 amide bonds. The Hall–Kier alpha value is -1.52. The molecule has 100 valence electrons. The molecule has 0 aromatic carbocycles. The number of pyridine rings is 1. The van der Waals surface area contributed by atoms with Gasteiger partial charge >= 0.3 is 0 Å². The maximum atomic E-state index is 5.80. The van der Waals surface area contributed by atoms with Crippen LogP contribution in [0.1, 0.15) is 19.4 Å². The number of halogens is 1. The summed E-state index contributed by atoms with van der Waals surface area (Å²) in [5, 5.41) is 3.96. The lowest BCUT2D eigenvalue weighted by Crippen LogP contribution is -2.19. The summed E-state index contributed by atoms with van der Waals surface area (Å²) in [6.07, 6.45) is 5.25. The van der Waals surface area contributed by atoms with Gasteiger partial charge in [0.15, 0.2) is 5.82 Å². The Labute approximate surface area is 118 Å². The van der Waals surface area contributed by atoms with Crippen LogP contribution in [0.15, 0.2) is 30.7 Å². The normalized spacial score (nSPS) is 10.9. The molecule has 19 heavy (non-hydrogen) atoms. The SMILES string of the molecule is CC(C)CNCc1cnc(-c2ccc(Cl)cn2)nc1. The number of hydrogen-bond donors (Lipinski definition) is 1. The largest absolute Gasteiger partial charge is 0.312 e. The van der Waals surface area contributed by atoms with Crippen molar-refractivity contribution in [3.63, 3.8) is 0 Å². The molecule has 1 N–H and O–H groups in total. The van der Waals surface area contributed by atoms with Crippen LogP contribution < -0.4 is 5.32 Å².